The van der Waals surface area contributed by atoms with E-state index in [1.54, 1.807) is 30.5 Å². The normalized spacial score (nSPS) is 11.2. The van der Waals surface area contributed by atoms with Crippen molar-refractivity contribution in [3.63, 3.8) is 0 Å². The zero-order valence-corrected chi connectivity index (χ0v) is 21.8. The van der Waals surface area contributed by atoms with Crippen LogP contribution in [0.25, 0.3) is 22.2 Å². The van der Waals surface area contributed by atoms with Gasteiger partial charge in [0.05, 0.1) is 15.6 Å². The molecule has 0 saturated carbocycles. The van der Waals surface area contributed by atoms with Crippen molar-refractivity contribution >= 4 is 45.9 Å². The van der Waals surface area contributed by atoms with E-state index >= 15 is 0 Å². The number of anilines is 2. The van der Waals surface area contributed by atoms with Crippen LogP contribution in [0.2, 0.25) is 10.0 Å². The minimum absolute atomic E-state index is 0.292. The van der Waals surface area contributed by atoms with Crippen LogP contribution < -0.4 is 20.5 Å². The van der Waals surface area contributed by atoms with Gasteiger partial charge in [0.1, 0.15) is 19.5 Å². The van der Waals surface area contributed by atoms with Crippen LogP contribution in [0.5, 0.6) is 5.75 Å². The van der Waals surface area contributed by atoms with E-state index in [1.807, 2.05) is 24.3 Å². The third-order valence-corrected chi connectivity index (χ3v) is 6.43. The average molecular weight is 528 g/mol. The van der Waals surface area contributed by atoms with Crippen LogP contribution in [0.1, 0.15) is 13.8 Å². The molecule has 4 aromatic rings. The lowest BCUT2D eigenvalue weighted by molar-refractivity contribution is 0.168. The average Bonchev–Trinajstić information content (AvgIpc) is 2.88. The van der Waals surface area contributed by atoms with Crippen LogP contribution in [0.15, 0.2) is 59.5 Å². The summed E-state index contributed by atoms with van der Waals surface area (Å²) in [4.78, 5) is 29.8. The minimum atomic E-state index is -0.434. The van der Waals surface area contributed by atoms with Gasteiger partial charge in [-0.1, -0.05) is 43.1 Å². The van der Waals surface area contributed by atoms with Crippen molar-refractivity contribution in [1.82, 2.24) is 19.6 Å². The number of benzene rings is 2. The zero-order chi connectivity index (χ0) is 25.7. The van der Waals surface area contributed by atoms with E-state index in [9.17, 15) is 4.79 Å². The highest BCUT2D eigenvalue weighted by Gasteiger charge is 2.18. The summed E-state index contributed by atoms with van der Waals surface area (Å²) in [5.74, 6) is 1.09. The summed E-state index contributed by atoms with van der Waals surface area (Å²) in [6, 6.07) is 14.3. The van der Waals surface area contributed by atoms with E-state index in [-0.39, 0.29) is 0 Å². The Morgan fingerprint density at radius 1 is 1.06 bits per heavy atom. The van der Waals surface area contributed by atoms with Crippen molar-refractivity contribution in [2.24, 2.45) is 0 Å². The van der Waals surface area contributed by atoms with E-state index in [0.717, 1.165) is 35.8 Å². The molecule has 0 amide bonds. The first-order chi connectivity index (χ1) is 17.4. The molecule has 0 atom stereocenters. The molecular weight excluding hydrogens is 501 g/mol. The second kappa shape index (κ2) is 11.6. The molecule has 0 radical (unpaired) electrons. The number of ether oxygens (including phenoxy) is 1. The van der Waals surface area contributed by atoms with E-state index in [4.69, 9.17) is 32.8 Å². The minimum Gasteiger partial charge on any atom is -0.492 e. The van der Waals surface area contributed by atoms with Gasteiger partial charge in [-0.3, -0.25) is 4.79 Å². The van der Waals surface area contributed by atoms with E-state index < -0.39 is 5.56 Å². The second-order valence-electron chi connectivity index (χ2n) is 7.93. The molecule has 4 rings (SSSR count). The lowest BCUT2D eigenvalue weighted by Crippen LogP contribution is -2.27. The lowest BCUT2D eigenvalue weighted by Gasteiger charge is -2.18. The van der Waals surface area contributed by atoms with Crippen LogP contribution in [0.3, 0.4) is 0 Å². The van der Waals surface area contributed by atoms with Crippen LogP contribution in [0.4, 0.5) is 11.6 Å². The molecule has 0 bridgehead atoms. The largest absolute Gasteiger partial charge is 0.492 e. The first-order valence-corrected chi connectivity index (χ1v) is 12.3. The Bertz CT molecular complexity index is 1390. The van der Waals surface area contributed by atoms with Gasteiger partial charge in [0.2, 0.25) is 5.95 Å². The third kappa shape index (κ3) is 5.56. The number of aromatic nitrogens is 3. The van der Waals surface area contributed by atoms with E-state index in [1.165, 1.54) is 7.11 Å². The van der Waals surface area contributed by atoms with Crippen LogP contribution >= 0.6 is 23.2 Å². The van der Waals surface area contributed by atoms with Crippen LogP contribution in [-0.4, -0.2) is 52.9 Å². The van der Waals surface area contributed by atoms with Gasteiger partial charge in [-0.25, -0.2) is 4.98 Å². The number of nitrogens with one attached hydrogen (secondary N) is 1. The quantitative estimate of drug-likeness (QED) is 0.300. The zero-order valence-electron chi connectivity index (χ0n) is 20.3. The molecule has 0 saturated heterocycles. The van der Waals surface area contributed by atoms with Crippen LogP contribution in [0, 0.1) is 0 Å². The molecule has 0 aliphatic heterocycles. The topological polar surface area (TPSA) is 81.5 Å². The van der Waals surface area contributed by atoms with Crippen LogP contribution in [-0.2, 0) is 0 Å². The molecule has 0 aliphatic rings. The number of likely N-dealkylation sites (N-methyl/N-ethyl adjacent to an activating group) is 1. The second-order valence-corrected chi connectivity index (χ2v) is 8.75. The molecule has 0 fully saturated rings. The molecule has 0 unspecified atom stereocenters. The fourth-order valence-corrected chi connectivity index (χ4v) is 4.43. The smallest absolute Gasteiger partial charge is 0.293 e. The number of nitrogens with zero attached hydrogens (tertiary/aromatic N) is 4. The van der Waals surface area contributed by atoms with E-state index in [2.05, 4.69) is 34.0 Å². The summed E-state index contributed by atoms with van der Waals surface area (Å²) >= 11 is 12.7. The molecule has 2 aromatic heterocycles. The number of pyridine rings is 1. The Morgan fingerprint density at radius 3 is 2.39 bits per heavy atom. The summed E-state index contributed by atoms with van der Waals surface area (Å²) in [7, 11) is 1.40. The molecule has 0 spiro atoms. The summed E-state index contributed by atoms with van der Waals surface area (Å²) < 4.78 is 6.94. The molecule has 2 aromatic carbocycles. The van der Waals surface area contributed by atoms with Gasteiger partial charge in [0, 0.05) is 29.4 Å². The van der Waals surface area contributed by atoms with Gasteiger partial charge in [0.15, 0.2) is 5.65 Å². The van der Waals surface area contributed by atoms with E-state index in [0.29, 0.717) is 44.8 Å². The highest BCUT2D eigenvalue weighted by molar-refractivity contribution is 6.39. The lowest BCUT2D eigenvalue weighted by atomic mass is 10.1. The SMILES string of the molecule is CCN(CC)CCOc1ccc(Nc2ncc3cc(-c4c(Cl)cccc4Cl)c(=O)n(OC)c3n2)cc1. The Kier molecular flexibility index (Phi) is 8.30. The van der Waals surface area contributed by atoms with Crippen molar-refractivity contribution in [3.8, 4) is 16.9 Å². The van der Waals surface area contributed by atoms with Crippen molar-refractivity contribution in [2.75, 3.05) is 38.7 Å². The number of halogens is 2. The van der Waals surface area contributed by atoms with Gasteiger partial charge in [-0.05, 0) is 55.6 Å². The van der Waals surface area contributed by atoms with Gasteiger partial charge in [-0.2, -0.15) is 4.98 Å². The highest BCUT2D eigenvalue weighted by atomic mass is 35.5. The Morgan fingerprint density at radius 2 is 1.75 bits per heavy atom. The van der Waals surface area contributed by atoms with Crippen molar-refractivity contribution in [2.45, 2.75) is 13.8 Å². The summed E-state index contributed by atoms with van der Waals surface area (Å²) in [5, 5.41) is 4.46. The maximum Gasteiger partial charge on any atom is 0.293 e. The molecule has 2 heterocycles. The molecule has 188 valence electrons. The number of hydrogen-bond donors (Lipinski definition) is 1. The van der Waals surface area contributed by atoms with Gasteiger partial charge >= 0.3 is 0 Å². The number of rotatable bonds is 10. The van der Waals surface area contributed by atoms with Gasteiger partial charge < -0.3 is 19.8 Å². The molecule has 8 nitrogen and oxygen atoms in total. The third-order valence-electron chi connectivity index (χ3n) is 5.80. The van der Waals surface area contributed by atoms with Gasteiger partial charge in [0.25, 0.3) is 5.56 Å². The Hall–Kier alpha value is -3.33. The summed E-state index contributed by atoms with van der Waals surface area (Å²) in [5.41, 5.74) is 1.37. The predicted molar refractivity (Wildman–Crippen MR) is 145 cm³/mol. The summed E-state index contributed by atoms with van der Waals surface area (Å²) in [6.07, 6.45) is 1.61. The Balaban J connectivity index is 1.57. The molecule has 1 N–H and O–H groups in total. The standard InChI is InChI=1S/C26H27Cl2N5O3/c1-4-32(5-2)13-14-36-19-11-9-18(10-12-19)30-26-29-16-17-15-20(23-21(27)7-6-8-22(23)28)25(34)33(35-3)24(17)31-26/h6-12,15-16H,4-5,13-14H2,1-3H3,(H,29,30,31). The fourth-order valence-electron chi connectivity index (χ4n) is 3.83. The van der Waals surface area contributed by atoms with Crippen molar-refractivity contribution in [3.05, 3.63) is 75.1 Å². The van der Waals surface area contributed by atoms with Gasteiger partial charge in [-0.15, -0.1) is 4.73 Å². The molecule has 0 aliphatic carbocycles. The Labute approximate surface area is 219 Å². The summed E-state index contributed by atoms with van der Waals surface area (Å²) in [6.45, 7) is 7.78. The van der Waals surface area contributed by atoms with Crippen molar-refractivity contribution in [1.29, 1.82) is 0 Å². The maximum absolute atomic E-state index is 13.2. The molecular formula is C26H27Cl2N5O3. The monoisotopic (exact) mass is 527 g/mol. The predicted octanol–water partition coefficient (Wildman–Crippen LogP) is 5.29. The first kappa shape index (κ1) is 25.8. The number of fused-ring (bicyclic) bond motifs is 1. The van der Waals surface area contributed by atoms with Crippen molar-refractivity contribution < 1.29 is 9.57 Å². The fraction of sp³-hybridized carbons (Fsp3) is 0.269. The first-order valence-electron chi connectivity index (χ1n) is 11.6. The molecule has 36 heavy (non-hydrogen) atoms. The number of hydrogen-bond acceptors (Lipinski definition) is 7. The maximum atomic E-state index is 13.2. The highest BCUT2D eigenvalue weighted by Crippen LogP contribution is 2.33. The molecule has 10 heteroatoms.